The second-order valence-corrected chi connectivity index (χ2v) is 5.33. The lowest BCUT2D eigenvalue weighted by atomic mass is 9.91. The van der Waals surface area contributed by atoms with Crippen molar-refractivity contribution < 1.29 is 4.79 Å². The Morgan fingerprint density at radius 2 is 1.95 bits per heavy atom. The zero-order chi connectivity index (χ0) is 14.5. The van der Waals surface area contributed by atoms with Crippen LogP contribution in [-0.2, 0) is 0 Å². The molecule has 0 saturated heterocycles. The van der Waals surface area contributed by atoms with Gasteiger partial charge in [0.25, 0.3) is 0 Å². The van der Waals surface area contributed by atoms with Gasteiger partial charge in [0.1, 0.15) is 5.82 Å². The van der Waals surface area contributed by atoms with Gasteiger partial charge in [-0.1, -0.05) is 0 Å². The van der Waals surface area contributed by atoms with Crippen molar-refractivity contribution >= 4 is 17.8 Å². The molecular weight excluding hydrogens is 256 g/mol. The topological polar surface area (TPSA) is 96.2 Å². The van der Waals surface area contributed by atoms with Crippen LogP contribution in [0.25, 0.3) is 0 Å². The maximum absolute atomic E-state index is 10.8. The summed E-state index contributed by atoms with van der Waals surface area (Å²) < 4.78 is 0. The lowest BCUT2D eigenvalue weighted by molar-refractivity contribution is 0.240. The molecule has 0 atom stereocenters. The number of hydrogen-bond acceptors (Lipinski definition) is 5. The van der Waals surface area contributed by atoms with E-state index < -0.39 is 6.03 Å². The molecule has 7 nitrogen and oxygen atoms in total. The SMILES string of the molecule is CN(C)c1ccnc(NC2CCC(NC(N)=O)CC2)n1. The number of hydrogen-bond donors (Lipinski definition) is 3. The van der Waals surface area contributed by atoms with Gasteiger partial charge in [-0.05, 0) is 31.7 Å². The van der Waals surface area contributed by atoms with E-state index in [1.807, 2.05) is 25.1 Å². The Labute approximate surface area is 119 Å². The predicted molar refractivity (Wildman–Crippen MR) is 78.7 cm³/mol. The summed E-state index contributed by atoms with van der Waals surface area (Å²) in [6.07, 6.45) is 5.55. The Kier molecular flexibility index (Phi) is 4.60. The van der Waals surface area contributed by atoms with Gasteiger partial charge in [0, 0.05) is 32.4 Å². The smallest absolute Gasteiger partial charge is 0.312 e. The zero-order valence-corrected chi connectivity index (χ0v) is 12.0. The van der Waals surface area contributed by atoms with E-state index in [0.717, 1.165) is 31.5 Å². The third-order valence-corrected chi connectivity index (χ3v) is 3.51. The number of urea groups is 1. The first-order chi connectivity index (χ1) is 9.54. The van der Waals surface area contributed by atoms with Crippen LogP contribution in [0.1, 0.15) is 25.7 Å². The molecule has 1 fully saturated rings. The molecule has 2 amide bonds. The summed E-state index contributed by atoms with van der Waals surface area (Å²) in [4.78, 5) is 21.4. The highest BCUT2D eigenvalue weighted by Crippen LogP contribution is 2.21. The first-order valence-corrected chi connectivity index (χ1v) is 6.87. The Morgan fingerprint density at radius 1 is 1.30 bits per heavy atom. The molecule has 110 valence electrons. The minimum Gasteiger partial charge on any atom is -0.363 e. The van der Waals surface area contributed by atoms with Crippen molar-refractivity contribution in [2.75, 3.05) is 24.3 Å². The van der Waals surface area contributed by atoms with Gasteiger partial charge in [0.2, 0.25) is 5.95 Å². The van der Waals surface area contributed by atoms with Crippen molar-refractivity contribution in [3.05, 3.63) is 12.3 Å². The van der Waals surface area contributed by atoms with E-state index in [0.29, 0.717) is 12.0 Å². The molecular formula is C13H22N6O. The lowest BCUT2D eigenvalue weighted by Gasteiger charge is -2.29. The third-order valence-electron chi connectivity index (χ3n) is 3.51. The first-order valence-electron chi connectivity index (χ1n) is 6.87. The molecule has 0 radical (unpaired) electrons. The molecule has 7 heteroatoms. The number of rotatable bonds is 4. The lowest BCUT2D eigenvalue weighted by Crippen LogP contribution is -2.42. The monoisotopic (exact) mass is 278 g/mol. The van der Waals surface area contributed by atoms with E-state index in [1.165, 1.54) is 0 Å². The van der Waals surface area contributed by atoms with Gasteiger partial charge >= 0.3 is 6.03 Å². The van der Waals surface area contributed by atoms with E-state index in [1.54, 1.807) is 6.20 Å². The zero-order valence-electron chi connectivity index (χ0n) is 12.0. The maximum atomic E-state index is 10.8. The van der Waals surface area contributed by atoms with E-state index in [4.69, 9.17) is 5.73 Å². The first kappa shape index (κ1) is 14.4. The standard InChI is InChI=1S/C13H22N6O/c1-19(2)11-7-8-15-13(18-11)17-10-5-3-9(4-6-10)16-12(14)20/h7-10H,3-6H2,1-2H3,(H3,14,16,20)(H,15,17,18). The quantitative estimate of drug-likeness (QED) is 0.761. The van der Waals surface area contributed by atoms with Gasteiger partial charge < -0.3 is 21.3 Å². The Balaban J connectivity index is 1.86. The molecule has 0 unspecified atom stereocenters. The van der Waals surface area contributed by atoms with Gasteiger partial charge in [-0.2, -0.15) is 4.98 Å². The van der Waals surface area contributed by atoms with Crippen molar-refractivity contribution in [2.24, 2.45) is 5.73 Å². The molecule has 0 aliphatic heterocycles. The maximum Gasteiger partial charge on any atom is 0.312 e. The van der Waals surface area contributed by atoms with Crippen LogP contribution in [0.4, 0.5) is 16.6 Å². The molecule has 4 N–H and O–H groups in total. The summed E-state index contributed by atoms with van der Waals surface area (Å²) >= 11 is 0. The average molecular weight is 278 g/mol. The van der Waals surface area contributed by atoms with E-state index in [2.05, 4.69) is 20.6 Å². The molecule has 0 spiro atoms. The molecule has 20 heavy (non-hydrogen) atoms. The van der Waals surface area contributed by atoms with Gasteiger partial charge in [0.05, 0.1) is 0 Å². The van der Waals surface area contributed by atoms with Crippen LogP contribution in [0.15, 0.2) is 12.3 Å². The molecule has 1 aliphatic rings. The number of anilines is 2. The number of carbonyl (C=O) groups excluding carboxylic acids is 1. The van der Waals surface area contributed by atoms with Crippen molar-refractivity contribution in [3.63, 3.8) is 0 Å². The second kappa shape index (κ2) is 6.40. The summed E-state index contributed by atoms with van der Waals surface area (Å²) in [5, 5.41) is 6.12. The van der Waals surface area contributed by atoms with Crippen LogP contribution in [-0.4, -0.2) is 42.2 Å². The van der Waals surface area contributed by atoms with Crippen LogP contribution in [0.2, 0.25) is 0 Å². The van der Waals surface area contributed by atoms with Crippen LogP contribution in [0.5, 0.6) is 0 Å². The molecule has 1 heterocycles. The van der Waals surface area contributed by atoms with Crippen LogP contribution < -0.4 is 21.3 Å². The largest absolute Gasteiger partial charge is 0.363 e. The fraction of sp³-hybridized carbons (Fsp3) is 0.615. The fourth-order valence-corrected chi connectivity index (χ4v) is 2.43. The van der Waals surface area contributed by atoms with E-state index >= 15 is 0 Å². The number of nitrogens with two attached hydrogens (primary N) is 1. The average Bonchev–Trinajstić information content (AvgIpc) is 2.41. The summed E-state index contributed by atoms with van der Waals surface area (Å²) in [6, 6.07) is 1.97. The van der Waals surface area contributed by atoms with E-state index in [9.17, 15) is 4.79 Å². The van der Waals surface area contributed by atoms with E-state index in [-0.39, 0.29) is 6.04 Å². The highest BCUT2D eigenvalue weighted by molar-refractivity contribution is 5.71. The van der Waals surface area contributed by atoms with Crippen molar-refractivity contribution in [3.8, 4) is 0 Å². The number of nitrogens with one attached hydrogen (secondary N) is 2. The van der Waals surface area contributed by atoms with Gasteiger partial charge in [-0.25, -0.2) is 9.78 Å². The molecule has 1 aliphatic carbocycles. The highest BCUT2D eigenvalue weighted by atomic mass is 16.2. The van der Waals surface area contributed by atoms with Crippen LogP contribution >= 0.6 is 0 Å². The molecule has 0 aromatic carbocycles. The molecule has 0 bridgehead atoms. The van der Waals surface area contributed by atoms with Crippen LogP contribution in [0, 0.1) is 0 Å². The van der Waals surface area contributed by atoms with Crippen molar-refractivity contribution in [1.82, 2.24) is 15.3 Å². The summed E-state index contributed by atoms with van der Waals surface area (Å²) in [5.74, 6) is 1.54. The Hall–Kier alpha value is -2.05. The van der Waals surface area contributed by atoms with Crippen molar-refractivity contribution in [1.29, 1.82) is 0 Å². The number of carbonyl (C=O) groups is 1. The highest BCUT2D eigenvalue weighted by Gasteiger charge is 2.22. The fourth-order valence-electron chi connectivity index (χ4n) is 2.43. The molecule has 1 aromatic rings. The number of primary amides is 1. The normalized spacial score (nSPS) is 22.1. The number of nitrogens with zero attached hydrogens (tertiary/aromatic N) is 3. The van der Waals surface area contributed by atoms with Gasteiger partial charge in [0.15, 0.2) is 0 Å². The summed E-state index contributed by atoms with van der Waals surface area (Å²) in [7, 11) is 3.90. The predicted octanol–water partition coefficient (Wildman–Crippen LogP) is 0.934. The molecule has 2 rings (SSSR count). The summed E-state index contributed by atoms with van der Waals surface area (Å²) in [6.45, 7) is 0. The minimum atomic E-state index is -0.441. The Morgan fingerprint density at radius 3 is 2.55 bits per heavy atom. The van der Waals surface area contributed by atoms with Crippen molar-refractivity contribution in [2.45, 2.75) is 37.8 Å². The number of aromatic nitrogens is 2. The number of amides is 2. The van der Waals surface area contributed by atoms with Gasteiger partial charge in [-0.3, -0.25) is 0 Å². The Bertz CT molecular complexity index is 456. The minimum absolute atomic E-state index is 0.194. The second-order valence-electron chi connectivity index (χ2n) is 5.33. The summed E-state index contributed by atoms with van der Waals surface area (Å²) in [5.41, 5.74) is 5.14. The molecule has 1 aromatic heterocycles. The van der Waals surface area contributed by atoms with Crippen LogP contribution in [0.3, 0.4) is 0 Å². The third kappa shape index (κ3) is 3.97. The molecule has 1 saturated carbocycles. The van der Waals surface area contributed by atoms with Gasteiger partial charge in [-0.15, -0.1) is 0 Å².